The first-order chi connectivity index (χ1) is 14.8. The molecule has 30 heavy (non-hydrogen) atoms. The Bertz CT molecular complexity index is 1140. The van der Waals surface area contributed by atoms with Gasteiger partial charge in [0.25, 0.3) is 5.91 Å². The van der Waals surface area contributed by atoms with Gasteiger partial charge in [0.2, 0.25) is 0 Å². The zero-order valence-electron chi connectivity index (χ0n) is 16.4. The Hall–Kier alpha value is -2.52. The second-order valence-corrected chi connectivity index (χ2v) is 8.88. The third-order valence-electron chi connectivity index (χ3n) is 5.29. The van der Waals surface area contributed by atoms with Gasteiger partial charge >= 0.3 is 0 Å². The van der Waals surface area contributed by atoms with E-state index in [-0.39, 0.29) is 5.91 Å². The van der Waals surface area contributed by atoms with Crippen LogP contribution in [0.5, 0.6) is 0 Å². The second-order valence-electron chi connectivity index (χ2n) is 7.24. The average Bonchev–Trinajstić information content (AvgIpc) is 3.53. The number of anilines is 1. The highest BCUT2D eigenvalue weighted by Crippen LogP contribution is 2.26. The summed E-state index contributed by atoms with van der Waals surface area (Å²) in [6, 6.07) is 10.2. The lowest BCUT2D eigenvalue weighted by atomic mass is 10.2. The summed E-state index contributed by atoms with van der Waals surface area (Å²) in [5.41, 5.74) is 3.46. The summed E-state index contributed by atoms with van der Waals surface area (Å²) in [6.45, 7) is 5.61. The minimum atomic E-state index is -0.182. The molecule has 0 spiro atoms. The lowest BCUT2D eigenvalue weighted by Gasteiger charge is -2.26. The van der Waals surface area contributed by atoms with Crippen LogP contribution in [0.2, 0.25) is 0 Å². The number of aromatic nitrogens is 2. The molecule has 1 aromatic carbocycles. The summed E-state index contributed by atoms with van der Waals surface area (Å²) in [5, 5.41) is 10.8. The van der Waals surface area contributed by atoms with E-state index in [0.29, 0.717) is 5.69 Å². The summed E-state index contributed by atoms with van der Waals surface area (Å²) >= 11 is 3.11. The fourth-order valence-corrected chi connectivity index (χ4v) is 5.15. The van der Waals surface area contributed by atoms with E-state index < -0.39 is 0 Å². The van der Waals surface area contributed by atoms with Crippen LogP contribution < -0.4 is 5.32 Å². The van der Waals surface area contributed by atoms with E-state index in [9.17, 15) is 4.79 Å². The molecule has 4 aromatic rings. The van der Waals surface area contributed by atoms with Crippen molar-refractivity contribution in [3.05, 3.63) is 58.4 Å². The van der Waals surface area contributed by atoms with Crippen molar-refractivity contribution in [2.24, 2.45) is 0 Å². The third kappa shape index (κ3) is 4.17. The molecule has 1 fully saturated rings. The number of ether oxygens (including phenoxy) is 1. The van der Waals surface area contributed by atoms with E-state index in [2.05, 4.69) is 38.1 Å². The van der Waals surface area contributed by atoms with E-state index >= 15 is 0 Å². The second kappa shape index (κ2) is 8.69. The van der Waals surface area contributed by atoms with E-state index in [4.69, 9.17) is 4.74 Å². The van der Waals surface area contributed by atoms with Gasteiger partial charge in [-0.15, -0.1) is 11.3 Å². The number of thiazole rings is 1. The number of thiophene rings is 1. The number of carbonyl (C=O) groups excluding carboxylic acids is 1. The summed E-state index contributed by atoms with van der Waals surface area (Å²) < 4.78 is 7.69. The van der Waals surface area contributed by atoms with Crippen LogP contribution in [0, 0.1) is 0 Å². The van der Waals surface area contributed by atoms with Crippen molar-refractivity contribution in [1.29, 1.82) is 0 Å². The van der Waals surface area contributed by atoms with Crippen molar-refractivity contribution in [2.75, 3.05) is 38.2 Å². The molecule has 1 N–H and O–H groups in total. The molecular weight excluding hydrogens is 416 g/mol. The Morgan fingerprint density at radius 2 is 2.03 bits per heavy atom. The van der Waals surface area contributed by atoms with Crippen LogP contribution >= 0.6 is 22.7 Å². The maximum atomic E-state index is 12.6. The molecule has 1 aliphatic heterocycles. The number of rotatable bonds is 6. The Kier molecular flexibility index (Phi) is 5.63. The van der Waals surface area contributed by atoms with Gasteiger partial charge in [0, 0.05) is 65.3 Å². The molecule has 0 unspecified atom stereocenters. The number of benzene rings is 1. The maximum Gasteiger partial charge on any atom is 0.275 e. The minimum absolute atomic E-state index is 0.182. The lowest BCUT2D eigenvalue weighted by Crippen LogP contribution is -2.38. The molecule has 0 bridgehead atoms. The predicted molar refractivity (Wildman–Crippen MR) is 123 cm³/mol. The molecule has 0 aliphatic carbocycles. The minimum Gasteiger partial charge on any atom is -0.379 e. The first-order valence-corrected chi connectivity index (χ1v) is 11.8. The standard InChI is InChI=1S/C22H22N4O2S2/c27-21(19-15-30-22(24-19)17-4-12-29-14-17)23-18-1-2-20-16(13-18)3-5-26(20)7-6-25-8-10-28-11-9-25/h1-5,12-15H,6-11H2,(H,23,27). The van der Waals surface area contributed by atoms with E-state index in [1.54, 1.807) is 11.3 Å². The average molecular weight is 439 g/mol. The number of amides is 1. The molecule has 0 radical (unpaired) electrons. The zero-order chi connectivity index (χ0) is 20.3. The lowest BCUT2D eigenvalue weighted by molar-refractivity contribution is 0.0365. The van der Waals surface area contributed by atoms with Gasteiger partial charge in [0.1, 0.15) is 10.7 Å². The summed E-state index contributed by atoms with van der Waals surface area (Å²) in [6.07, 6.45) is 2.12. The first-order valence-electron chi connectivity index (χ1n) is 9.95. The SMILES string of the molecule is O=C(Nc1ccc2c(ccn2CCN2CCOCC2)c1)c1csc(-c2ccsc2)n1. The quantitative estimate of drug-likeness (QED) is 0.484. The maximum absolute atomic E-state index is 12.6. The van der Waals surface area contributed by atoms with E-state index in [1.807, 2.05) is 34.3 Å². The number of hydrogen-bond acceptors (Lipinski definition) is 6. The van der Waals surface area contributed by atoms with E-state index in [1.165, 1.54) is 16.9 Å². The van der Waals surface area contributed by atoms with Gasteiger partial charge in [-0.3, -0.25) is 9.69 Å². The third-order valence-corrected chi connectivity index (χ3v) is 6.87. The molecule has 5 rings (SSSR count). The Morgan fingerprint density at radius 1 is 1.13 bits per heavy atom. The van der Waals surface area contributed by atoms with Crippen LogP contribution in [0.4, 0.5) is 5.69 Å². The molecule has 0 saturated carbocycles. The number of hydrogen-bond donors (Lipinski definition) is 1. The normalized spacial score (nSPS) is 14.9. The molecule has 6 nitrogen and oxygen atoms in total. The highest BCUT2D eigenvalue weighted by molar-refractivity contribution is 7.14. The van der Waals surface area contributed by atoms with Gasteiger partial charge in [0.15, 0.2) is 0 Å². The molecule has 8 heteroatoms. The number of nitrogens with zero attached hydrogens (tertiary/aromatic N) is 3. The van der Waals surface area contributed by atoms with Gasteiger partial charge < -0.3 is 14.6 Å². The fraction of sp³-hybridized carbons (Fsp3) is 0.273. The van der Waals surface area contributed by atoms with Crippen LogP contribution in [0.25, 0.3) is 21.5 Å². The Morgan fingerprint density at radius 3 is 2.87 bits per heavy atom. The highest BCUT2D eigenvalue weighted by Gasteiger charge is 2.14. The zero-order valence-corrected chi connectivity index (χ0v) is 18.0. The molecule has 0 atom stereocenters. The van der Waals surface area contributed by atoms with Gasteiger partial charge in [0.05, 0.1) is 13.2 Å². The largest absolute Gasteiger partial charge is 0.379 e. The van der Waals surface area contributed by atoms with Gasteiger partial charge in [-0.05, 0) is 35.7 Å². The van der Waals surface area contributed by atoms with Gasteiger partial charge in [-0.25, -0.2) is 4.98 Å². The molecule has 1 aliphatic rings. The van der Waals surface area contributed by atoms with Crippen LogP contribution in [-0.4, -0.2) is 53.2 Å². The van der Waals surface area contributed by atoms with Crippen molar-refractivity contribution < 1.29 is 9.53 Å². The molecule has 1 saturated heterocycles. The van der Waals surface area contributed by atoms with E-state index in [0.717, 1.165) is 61.0 Å². The molecule has 4 heterocycles. The highest BCUT2D eigenvalue weighted by atomic mass is 32.1. The molecule has 1 amide bonds. The topological polar surface area (TPSA) is 59.4 Å². The van der Waals surface area contributed by atoms with Crippen molar-refractivity contribution in [2.45, 2.75) is 6.54 Å². The van der Waals surface area contributed by atoms with Crippen LogP contribution in [0.3, 0.4) is 0 Å². The number of nitrogens with one attached hydrogen (secondary N) is 1. The molecular formula is C22H22N4O2S2. The monoisotopic (exact) mass is 438 g/mol. The van der Waals surface area contributed by atoms with Crippen LogP contribution in [-0.2, 0) is 11.3 Å². The summed E-state index contributed by atoms with van der Waals surface area (Å²) in [7, 11) is 0. The van der Waals surface area contributed by atoms with Crippen molar-refractivity contribution in [3.63, 3.8) is 0 Å². The number of morpholine rings is 1. The molecule has 154 valence electrons. The van der Waals surface area contributed by atoms with Crippen molar-refractivity contribution >= 4 is 45.2 Å². The summed E-state index contributed by atoms with van der Waals surface area (Å²) in [4.78, 5) is 19.5. The van der Waals surface area contributed by atoms with Gasteiger partial charge in [-0.2, -0.15) is 11.3 Å². The van der Waals surface area contributed by atoms with Gasteiger partial charge in [-0.1, -0.05) is 0 Å². The predicted octanol–water partition coefficient (Wildman–Crippen LogP) is 4.41. The van der Waals surface area contributed by atoms with Crippen molar-refractivity contribution in [3.8, 4) is 10.6 Å². The number of fused-ring (bicyclic) bond motifs is 1. The fourth-order valence-electron chi connectivity index (χ4n) is 3.64. The smallest absolute Gasteiger partial charge is 0.275 e. The number of carbonyl (C=O) groups is 1. The molecule has 3 aromatic heterocycles. The summed E-state index contributed by atoms with van der Waals surface area (Å²) in [5.74, 6) is -0.182. The van der Waals surface area contributed by atoms with Crippen LogP contribution in [0.15, 0.2) is 52.7 Å². The van der Waals surface area contributed by atoms with Crippen LogP contribution in [0.1, 0.15) is 10.5 Å². The van der Waals surface area contributed by atoms with Crippen molar-refractivity contribution in [1.82, 2.24) is 14.5 Å². The first kappa shape index (κ1) is 19.4. The Balaban J connectivity index is 1.25. The Labute approximate surface area is 182 Å².